The van der Waals surface area contributed by atoms with E-state index in [4.69, 9.17) is 4.52 Å². The minimum atomic E-state index is -0.321. The molecule has 0 aromatic carbocycles. The van der Waals surface area contributed by atoms with Gasteiger partial charge in [-0.05, 0) is 36.1 Å². The van der Waals surface area contributed by atoms with Gasteiger partial charge in [-0.3, -0.25) is 4.79 Å². The first-order valence-corrected chi connectivity index (χ1v) is 9.17. The van der Waals surface area contributed by atoms with Crippen LogP contribution in [0.5, 0.6) is 0 Å². The van der Waals surface area contributed by atoms with Crippen molar-refractivity contribution in [2.75, 3.05) is 0 Å². The third-order valence-electron chi connectivity index (χ3n) is 5.17. The minimum absolute atomic E-state index is 0.0876. The summed E-state index contributed by atoms with van der Waals surface area (Å²) in [6.45, 7) is 1.01. The predicted octanol–water partition coefficient (Wildman–Crippen LogP) is 1.69. The Bertz CT molecular complexity index is 720. The molecule has 2 aromatic rings. The highest BCUT2D eigenvalue weighted by atomic mass is 16.5. The van der Waals surface area contributed by atoms with Gasteiger partial charge in [0.2, 0.25) is 11.8 Å². The Kier molecular flexibility index (Phi) is 4.71. The number of tetrazole rings is 1. The summed E-state index contributed by atoms with van der Waals surface area (Å²) < 4.78 is 7.04. The van der Waals surface area contributed by atoms with E-state index >= 15 is 0 Å². The Balaban J connectivity index is 1.37. The maximum Gasteiger partial charge on any atom is 0.246 e. The number of carbonyl (C=O) groups excluding carboxylic acids is 1. The number of hydrogen-bond acceptors (Lipinski definition) is 7. The highest BCUT2D eigenvalue weighted by molar-refractivity contribution is 5.82. The molecule has 0 unspecified atom stereocenters. The van der Waals surface area contributed by atoms with Crippen molar-refractivity contribution in [3.05, 3.63) is 17.5 Å². The average molecular weight is 345 g/mol. The average Bonchev–Trinajstić information content (AvgIpc) is 3.26. The SMILES string of the molecule is O=C(NCc1nc(C2CCCCC2)no1)[C@@H]1CCCCn2nnnc21. The van der Waals surface area contributed by atoms with Gasteiger partial charge in [-0.15, -0.1) is 5.10 Å². The molecule has 9 heteroatoms. The molecule has 2 aromatic heterocycles. The van der Waals surface area contributed by atoms with Gasteiger partial charge in [0.05, 0.1) is 12.5 Å². The number of hydrogen-bond donors (Lipinski definition) is 1. The number of carbonyl (C=O) groups is 1. The smallest absolute Gasteiger partial charge is 0.246 e. The zero-order valence-electron chi connectivity index (χ0n) is 14.2. The van der Waals surface area contributed by atoms with Gasteiger partial charge in [0, 0.05) is 12.5 Å². The molecular weight excluding hydrogens is 322 g/mol. The Morgan fingerprint density at radius 3 is 2.88 bits per heavy atom. The van der Waals surface area contributed by atoms with Gasteiger partial charge < -0.3 is 9.84 Å². The van der Waals surface area contributed by atoms with Gasteiger partial charge in [0.15, 0.2) is 11.6 Å². The summed E-state index contributed by atoms with van der Waals surface area (Å²) in [6.07, 6.45) is 8.68. The van der Waals surface area contributed by atoms with Gasteiger partial charge in [-0.1, -0.05) is 30.8 Å². The van der Waals surface area contributed by atoms with Crippen LogP contribution in [0.3, 0.4) is 0 Å². The van der Waals surface area contributed by atoms with E-state index in [1.165, 1.54) is 19.3 Å². The van der Waals surface area contributed by atoms with Crippen LogP contribution in [0.4, 0.5) is 0 Å². The second kappa shape index (κ2) is 7.28. The molecule has 1 atom stereocenters. The first-order valence-electron chi connectivity index (χ1n) is 9.17. The lowest BCUT2D eigenvalue weighted by molar-refractivity contribution is -0.123. The lowest BCUT2D eigenvalue weighted by atomic mass is 9.89. The zero-order valence-corrected chi connectivity index (χ0v) is 14.2. The monoisotopic (exact) mass is 345 g/mol. The van der Waals surface area contributed by atoms with Crippen LogP contribution in [-0.2, 0) is 17.9 Å². The van der Waals surface area contributed by atoms with Gasteiger partial charge in [-0.2, -0.15) is 4.98 Å². The van der Waals surface area contributed by atoms with E-state index < -0.39 is 0 Å². The topological polar surface area (TPSA) is 112 Å². The third-order valence-corrected chi connectivity index (χ3v) is 5.17. The molecule has 1 fully saturated rings. The summed E-state index contributed by atoms with van der Waals surface area (Å²) in [7, 11) is 0. The van der Waals surface area contributed by atoms with Crippen molar-refractivity contribution in [2.24, 2.45) is 0 Å². The standard InChI is InChI=1S/C16H23N7O2/c24-16(12-8-4-5-9-23-15(12)19-21-22-23)17-10-13-18-14(20-25-13)11-6-2-1-3-7-11/h11-12H,1-10H2,(H,17,24)/t12-/m1/s1. The van der Waals surface area contributed by atoms with Gasteiger partial charge in [0.1, 0.15) is 0 Å². The molecule has 9 nitrogen and oxygen atoms in total. The maximum atomic E-state index is 12.6. The molecule has 134 valence electrons. The molecule has 1 aliphatic heterocycles. The van der Waals surface area contributed by atoms with E-state index in [-0.39, 0.29) is 18.4 Å². The lowest BCUT2D eigenvalue weighted by Crippen LogP contribution is -2.30. The van der Waals surface area contributed by atoms with Crippen molar-refractivity contribution >= 4 is 5.91 Å². The Morgan fingerprint density at radius 2 is 2.00 bits per heavy atom. The van der Waals surface area contributed by atoms with Crippen LogP contribution in [0.25, 0.3) is 0 Å². The lowest BCUT2D eigenvalue weighted by Gasteiger charge is -2.17. The first kappa shape index (κ1) is 16.2. The fraction of sp³-hybridized carbons (Fsp3) is 0.750. The zero-order chi connectivity index (χ0) is 17.1. The van der Waals surface area contributed by atoms with Crippen LogP contribution in [0.1, 0.15) is 80.7 Å². The van der Waals surface area contributed by atoms with E-state index in [0.717, 1.165) is 44.5 Å². The highest BCUT2D eigenvalue weighted by Gasteiger charge is 2.28. The number of amides is 1. The van der Waals surface area contributed by atoms with Gasteiger partial charge in [0.25, 0.3) is 0 Å². The van der Waals surface area contributed by atoms with Crippen LogP contribution in [0.2, 0.25) is 0 Å². The van der Waals surface area contributed by atoms with Crippen molar-refractivity contribution in [3.8, 4) is 0 Å². The van der Waals surface area contributed by atoms with Crippen molar-refractivity contribution in [3.63, 3.8) is 0 Å². The number of fused-ring (bicyclic) bond motifs is 1. The number of rotatable bonds is 4. The van der Waals surface area contributed by atoms with Crippen LogP contribution in [0, 0.1) is 0 Å². The van der Waals surface area contributed by atoms with Crippen molar-refractivity contribution < 1.29 is 9.32 Å². The molecule has 1 saturated carbocycles. The second-order valence-corrected chi connectivity index (χ2v) is 6.91. The molecule has 0 bridgehead atoms. The molecule has 1 N–H and O–H groups in total. The molecule has 1 aliphatic carbocycles. The van der Waals surface area contributed by atoms with E-state index in [2.05, 4.69) is 31.0 Å². The number of aromatic nitrogens is 6. The molecular formula is C16H23N7O2. The summed E-state index contributed by atoms with van der Waals surface area (Å²) in [5.41, 5.74) is 0. The molecule has 0 radical (unpaired) electrons. The maximum absolute atomic E-state index is 12.6. The summed E-state index contributed by atoms with van der Waals surface area (Å²) in [5.74, 6) is 1.87. The van der Waals surface area contributed by atoms with E-state index in [1.54, 1.807) is 4.68 Å². The molecule has 25 heavy (non-hydrogen) atoms. The molecule has 4 rings (SSSR count). The third kappa shape index (κ3) is 3.54. The van der Waals surface area contributed by atoms with Crippen LogP contribution in [-0.4, -0.2) is 36.3 Å². The second-order valence-electron chi connectivity index (χ2n) is 6.91. The van der Waals surface area contributed by atoms with E-state index in [1.807, 2.05) is 0 Å². The number of aryl methyl sites for hydroxylation is 1. The largest absolute Gasteiger partial charge is 0.346 e. The predicted molar refractivity (Wildman–Crippen MR) is 86.4 cm³/mol. The highest BCUT2D eigenvalue weighted by Crippen LogP contribution is 2.30. The molecule has 2 aliphatic rings. The summed E-state index contributed by atoms with van der Waals surface area (Å²) >= 11 is 0. The van der Waals surface area contributed by atoms with Gasteiger partial charge in [-0.25, -0.2) is 4.68 Å². The van der Waals surface area contributed by atoms with Crippen LogP contribution in [0.15, 0.2) is 4.52 Å². The van der Waals surface area contributed by atoms with Crippen LogP contribution < -0.4 is 5.32 Å². The summed E-state index contributed by atoms with van der Waals surface area (Å²) in [4.78, 5) is 17.0. The number of nitrogens with one attached hydrogen (secondary N) is 1. The van der Waals surface area contributed by atoms with E-state index in [9.17, 15) is 4.79 Å². The fourth-order valence-corrected chi connectivity index (χ4v) is 3.76. The Morgan fingerprint density at radius 1 is 1.16 bits per heavy atom. The van der Waals surface area contributed by atoms with Crippen molar-refractivity contribution in [1.29, 1.82) is 0 Å². The first-order chi connectivity index (χ1) is 12.3. The van der Waals surface area contributed by atoms with Crippen molar-refractivity contribution in [2.45, 2.75) is 76.3 Å². The fourth-order valence-electron chi connectivity index (χ4n) is 3.76. The molecule has 3 heterocycles. The molecule has 1 amide bonds. The Labute approximate surface area is 145 Å². The molecule has 0 saturated heterocycles. The summed E-state index contributed by atoms with van der Waals surface area (Å²) in [5, 5.41) is 18.7. The normalized spacial score (nSPS) is 21.5. The number of nitrogens with zero attached hydrogens (tertiary/aromatic N) is 6. The van der Waals surface area contributed by atoms with Crippen molar-refractivity contribution in [1.82, 2.24) is 35.7 Å². The Hall–Kier alpha value is -2.32. The van der Waals surface area contributed by atoms with Crippen LogP contribution >= 0.6 is 0 Å². The quantitative estimate of drug-likeness (QED) is 0.897. The minimum Gasteiger partial charge on any atom is -0.346 e. The van der Waals surface area contributed by atoms with Gasteiger partial charge >= 0.3 is 0 Å². The summed E-state index contributed by atoms with van der Waals surface area (Å²) in [6, 6.07) is 0. The molecule has 0 spiro atoms. The van der Waals surface area contributed by atoms with E-state index in [0.29, 0.717) is 17.6 Å².